The number of thioether (sulfide) groups is 8. The van der Waals surface area contributed by atoms with Crippen molar-refractivity contribution in [2.24, 2.45) is 0 Å². The van der Waals surface area contributed by atoms with Crippen LogP contribution in [0.1, 0.15) is 0 Å². The second-order valence-electron chi connectivity index (χ2n) is 4.54. The Morgan fingerprint density at radius 3 is 1.45 bits per heavy atom. The van der Waals surface area contributed by atoms with Crippen LogP contribution in [-0.4, -0.2) is 33.8 Å². The fourth-order valence-corrected chi connectivity index (χ4v) is 15.4. The van der Waals surface area contributed by atoms with Crippen LogP contribution in [0.3, 0.4) is 0 Å². The molecule has 4 heterocycles. The molecule has 2 unspecified atom stereocenters. The van der Waals surface area contributed by atoms with Gasteiger partial charge in [-0.25, -0.2) is 0 Å². The molecule has 0 saturated carbocycles. The summed E-state index contributed by atoms with van der Waals surface area (Å²) in [4.78, 5) is 0. The van der Waals surface area contributed by atoms with Crippen LogP contribution in [0.2, 0.25) is 0 Å². The van der Waals surface area contributed by atoms with Gasteiger partial charge in [0.15, 0.2) is 0 Å². The molecule has 22 heavy (non-hydrogen) atoms. The molecule has 0 N–H and O–H groups in total. The average Bonchev–Trinajstić information content (AvgIpc) is 3.16. The Morgan fingerprint density at radius 2 is 1.05 bits per heavy atom. The molecule has 0 aromatic carbocycles. The van der Waals surface area contributed by atoms with Crippen LogP contribution in [-0.2, 0) is 0 Å². The van der Waals surface area contributed by atoms with Gasteiger partial charge in [0.1, 0.15) is 0 Å². The smallest absolute Gasteiger partial charge is 0.0717 e. The molecule has 0 spiro atoms. The summed E-state index contributed by atoms with van der Waals surface area (Å²) >= 11 is 27.8. The van der Waals surface area contributed by atoms with E-state index in [2.05, 4.69) is 0 Å². The van der Waals surface area contributed by atoms with Gasteiger partial charge in [-0.2, -0.15) is 0 Å². The highest BCUT2D eigenvalue weighted by Gasteiger charge is 2.35. The van der Waals surface area contributed by atoms with Gasteiger partial charge in [0.2, 0.25) is 0 Å². The van der Waals surface area contributed by atoms with E-state index < -0.39 is 0 Å². The lowest BCUT2D eigenvalue weighted by Crippen LogP contribution is -2.10. The maximum Gasteiger partial charge on any atom is 0.0717 e. The number of hydrogen-bond donors (Lipinski definition) is 0. The Hall–Kier alpha value is 2.60. The van der Waals surface area contributed by atoms with Crippen molar-refractivity contribution in [1.82, 2.24) is 0 Å². The second-order valence-corrected chi connectivity index (χ2v) is 15.5. The van der Waals surface area contributed by atoms with Crippen LogP contribution >= 0.6 is 117 Å². The van der Waals surface area contributed by atoms with E-state index in [4.69, 9.17) is 23.2 Å². The molecular formula is C12H10Cl2S8. The third-order valence-corrected chi connectivity index (χ3v) is 16.7. The quantitative estimate of drug-likeness (QED) is 0.367. The number of halogens is 2. The first-order chi connectivity index (χ1) is 10.8. The van der Waals surface area contributed by atoms with E-state index in [0.717, 1.165) is 23.3 Å². The normalized spacial score (nSPS) is 35.2. The lowest BCUT2D eigenvalue weighted by atomic mass is 10.5. The van der Waals surface area contributed by atoms with Gasteiger partial charge in [-0.1, -0.05) is 47.0 Å². The number of hydrogen-bond acceptors (Lipinski definition) is 8. The number of rotatable bonds is 2. The van der Waals surface area contributed by atoms with Gasteiger partial charge in [-0.05, 0) is 0 Å². The first kappa shape index (κ1) is 18.0. The maximum absolute atomic E-state index is 6.03. The van der Waals surface area contributed by atoms with Crippen molar-refractivity contribution < 1.29 is 0 Å². The van der Waals surface area contributed by atoms with Crippen molar-refractivity contribution in [2.75, 3.05) is 23.3 Å². The minimum absolute atomic E-state index is 0.564. The largest absolute Gasteiger partial charge is 0.125 e. The van der Waals surface area contributed by atoms with Crippen molar-refractivity contribution in [3.63, 3.8) is 0 Å². The Balaban J connectivity index is 1.46. The lowest BCUT2D eigenvalue weighted by molar-refractivity contribution is 1.15. The third kappa shape index (κ3) is 3.81. The van der Waals surface area contributed by atoms with Gasteiger partial charge in [0.05, 0.1) is 25.4 Å². The SMILES string of the molecule is ClCC1CSC2=C(S/C(=C3/SC4=C(S3)SC(CCl)CS4)S2)S1. The summed E-state index contributed by atoms with van der Waals surface area (Å²) in [6.45, 7) is 0. The minimum atomic E-state index is 0.564. The van der Waals surface area contributed by atoms with Crippen molar-refractivity contribution >= 4 is 117 Å². The Bertz CT molecular complexity index is 534. The zero-order chi connectivity index (χ0) is 15.1. The standard InChI is InChI=1S/C12H10Cl2S8/c13-1-5-3-15-7-9(17-5)21-11(19-7)12-20-8-10(22-12)18-6(2-14)4-16-8/h5-6H,1-4H2/b12-11-. The van der Waals surface area contributed by atoms with E-state index in [1.807, 2.05) is 94.1 Å². The van der Waals surface area contributed by atoms with Gasteiger partial charge in [0.25, 0.3) is 0 Å². The van der Waals surface area contributed by atoms with Crippen molar-refractivity contribution in [1.29, 1.82) is 0 Å². The lowest BCUT2D eigenvalue weighted by Gasteiger charge is -2.18. The fourth-order valence-electron chi connectivity index (χ4n) is 1.89. The van der Waals surface area contributed by atoms with Crippen LogP contribution in [0.15, 0.2) is 25.4 Å². The topological polar surface area (TPSA) is 0 Å². The summed E-state index contributed by atoms with van der Waals surface area (Å²) in [5, 5.41) is 1.13. The number of alkyl halides is 2. The van der Waals surface area contributed by atoms with Gasteiger partial charge in [-0.3, -0.25) is 0 Å². The summed E-state index contributed by atoms with van der Waals surface area (Å²) in [5.41, 5.74) is 0. The van der Waals surface area contributed by atoms with E-state index >= 15 is 0 Å². The second kappa shape index (κ2) is 8.09. The highest BCUT2D eigenvalue weighted by atomic mass is 35.5. The zero-order valence-corrected chi connectivity index (χ0v) is 19.0. The van der Waals surface area contributed by atoms with Crippen LogP contribution < -0.4 is 0 Å². The van der Waals surface area contributed by atoms with Gasteiger partial charge >= 0.3 is 0 Å². The summed E-state index contributed by atoms with van der Waals surface area (Å²) in [5.74, 6) is 3.78. The molecule has 0 amide bonds. The highest BCUT2D eigenvalue weighted by molar-refractivity contribution is 8.45. The van der Waals surface area contributed by atoms with Crippen LogP contribution in [0.4, 0.5) is 0 Å². The summed E-state index contributed by atoms with van der Waals surface area (Å²) in [7, 11) is 0. The van der Waals surface area contributed by atoms with Crippen LogP contribution in [0.25, 0.3) is 0 Å². The van der Waals surface area contributed by atoms with Crippen molar-refractivity contribution in [3.8, 4) is 0 Å². The van der Waals surface area contributed by atoms with Crippen molar-refractivity contribution in [3.05, 3.63) is 25.4 Å². The molecule has 0 fully saturated rings. The van der Waals surface area contributed by atoms with E-state index in [0.29, 0.717) is 10.5 Å². The average molecular weight is 482 g/mol. The molecule has 2 atom stereocenters. The van der Waals surface area contributed by atoms with E-state index in [1.54, 1.807) is 0 Å². The van der Waals surface area contributed by atoms with E-state index in [1.165, 1.54) is 25.4 Å². The summed E-state index contributed by atoms with van der Waals surface area (Å²) in [6.07, 6.45) is 0. The van der Waals surface area contributed by atoms with Crippen LogP contribution in [0, 0.1) is 0 Å². The molecule has 4 aliphatic heterocycles. The summed E-state index contributed by atoms with van der Waals surface area (Å²) < 4.78 is 8.85. The molecule has 0 radical (unpaired) electrons. The molecule has 0 bridgehead atoms. The molecule has 120 valence electrons. The molecule has 0 aromatic rings. The molecule has 0 aromatic heterocycles. The molecule has 0 saturated heterocycles. The molecule has 0 aliphatic carbocycles. The molecular weight excluding hydrogens is 472 g/mol. The Kier molecular flexibility index (Phi) is 6.61. The summed E-state index contributed by atoms with van der Waals surface area (Å²) in [6, 6.07) is 0. The molecule has 4 aliphatic rings. The predicted octanol–water partition coefficient (Wildman–Crippen LogP) is 7.50. The van der Waals surface area contributed by atoms with Gasteiger partial charge in [-0.15, -0.1) is 70.2 Å². The fraction of sp³-hybridized carbons (Fsp3) is 0.500. The monoisotopic (exact) mass is 480 g/mol. The first-order valence-electron chi connectivity index (χ1n) is 6.42. The minimum Gasteiger partial charge on any atom is -0.125 e. The van der Waals surface area contributed by atoms with Gasteiger partial charge < -0.3 is 0 Å². The van der Waals surface area contributed by atoms with Crippen LogP contribution in [0.5, 0.6) is 0 Å². The molecule has 0 nitrogen and oxygen atoms in total. The van der Waals surface area contributed by atoms with Crippen molar-refractivity contribution in [2.45, 2.75) is 10.5 Å². The van der Waals surface area contributed by atoms with E-state index in [-0.39, 0.29) is 0 Å². The molecule has 10 heteroatoms. The zero-order valence-electron chi connectivity index (χ0n) is 11.0. The first-order valence-corrected chi connectivity index (χ1v) is 14.5. The third-order valence-electron chi connectivity index (χ3n) is 2.93. The van der Waals surface area contributed by atoms with Gasteiger partial charge in [0, 0.05) is 33.8 Å². The Morgan fingerprint density at radius 1 is 0.636 bits per heavy atom. The Labute approximate surface area is 174 Å². The highest BCUT2D eigenvalue weighted by Crippen LogP contribution is 2.68. The maximum atomic E-state index is 6.03. The molecule has 4 rings (SSSR count). The predicted molar refractivity (Wildman–Crippen MR) is 121 cm³/mol. The van der Waals surface area contributed by atoms with E-state index in [9.17, 15) is 0 Å².